The molecule has 4 heteroatoms. The Morgan fingerprint density at radius 3 is 2.53 bits per heavy atom. The summed E-state index contributed by atoms with van der Waals surface area (Å²) in [6.45, 7) is 7.63. The number of hydrogen-bond acceptors (Lipinski definition) is 3. The Bertz CT molecular complexity index is 201. The maximum atomic E-state index is 11.4. The molecule has 1 aliphatic heterocycles. The van der Waals surface area contributed by atoms with E-state index in [1.165, 1.54) is 12.8 Å². The Balaban J connectivity index is 2.11. The molecule has 0 spiro atoms. The Morgan fingerprint density at radius 2 is 2.00 bits per heavy atom. The summed E-state index contributed by atoms with van der Waals surface area (Å²) in [6.07, 6.45) is 2.34. The van der Waals surface area contributed by atoms with Crippen molar-refractivity contribution in [1.82, 2.24) is 9.80 Å². The van der Waals surface area contributed by atoms with E-state index in [4.69, 9.17) is 4.74 Å². The summed E-state index contributed by atoms with van der Waals surface area (Å²) in [5.74, 6) is 0. The van der Waals surface area contributed by atoms with Gasteiger partial charge in [-0.3, -0.25) is 4.90 Å². The highest BCUT2D eigenvalue weighted by atomic mass is 16.6. The molecule has 0 aliphatic carbocycles. The number of nitrogens with zero attached hydrogens (tertiary/aromatic N) is 2. The van der Waals surface area contributed by atoms with Gasteiger partial charge in [0.15, 0.2) is 0 Å². The largest absolute Gasteiger partial charge is 0.448 e. The highest BCUT2D eigenvalue weighted by Gasteiger charge is 2.15. The van der Waals surface area contributed by atoms with Crippen LogP contribution in [0.2, 0.25) is 0 Å². The molecule has 1 rings (SSSR count). The van der Waals surface area contributed by atoms with Crippen molar-refractivity contribution in [2.45, 2.75) is 32.7 Å². The predicted molar refractivity (Wildman–Crippen MR) is 59.9 cm³/mol. The molecule has 15 heavy (non-hydrogen) atoms. The van der Waals surface area contributed by atoms with Crippen LogP contribution in [0.4, 0.5) is 4.79 Å². The van der Waals surface area contributed by atoms with Crippen molar-refractivity contribution in [2.24, 2.45) is 0 Å². The molecule has 0 radical (unpaired) electrons. The Kier molecular flexibility index (Phi) is 4.88. The molecular formula is C11H22N2O2. The molecule has 0 unspecified atom stereocenters. The zero-order valence-corrected chi connectivity index (χ0v) is 10.0. The monoisotopic (exact) mass is 214 g/mol. The van der Waals surface area contributed by atoms with Gasteiger partial charge in [-0.1, -0.05) is 0 Å². The smallest absolute Gasteiger partial charge is 0.409 e. The minimum absolute atomic E-state index is 0.198. The molecule has 0 aromatic heterocycles. The number of carbonyl (C=O) groups is 1. The molecule has 0 atom stereocenters. The molecule has 1 amide bonds. The minimum atomic E-state index is -0.218. The molecular weight excluding hydrogens is 192 g/mol. The lowest BCUT2D eigenvalue weighted by atomic mass is 10.4. The van der Waals surface area contributed by atoms with Gasteiger partial charge in [0.05, 0.1) is 0 Å². The zero-order valence-electron chi connectivity index (χ0n) is 10.0. The standard InChI is InChI=1S/C11H22N2O2/c1-10(2)12(3)11(14)15-9-8-13-6-4-5-7-13/h10H,4-9H2,1-3H3. The number of likely N-dealkylation sites (tertiary alicyclic amines) is 1. The third-order valence-corrected chi connectivity index (χ3v) is 2.89. The summed E-state index contributed by atoms with van der Waals surface area (Å²) in [4.78, 5) is 15.4. The van der Waals surface area contributed by atoms with Gasteiger partial charge in [0, 0.05) is 19.6 Å². The van der Waals surface area contributed by atoms with Crippen LogP contribution in [-0.4, -0.2) is 55.2 Å². The van der Waals surface area contributed by atoms with Crippen molar-refractivity contribution in [1.29, 1.82) is 0 Å². The molecule has 1 aliphatic rings. The second-order valence-electron chi connectivity index (χ2n) is 4.37. The van der Waals surface area contributed by atoms with Crippen molar-refractivity contribution in [3.8, 4) is 0 Å². The Morgan fingerprint density at radius 1 is 1.40 bits per heavy atom. The van der Waals surface area contributed by atoms with E-state index in [9.17, 15) is 4.79 Å². The summed E-state index contributed by atoms with van der Waals surface area (Å²) in [6, 6.07) is 0.198. The van der Waals surface area contributed by atoms with E-state index in [-0.39, 0.29) is 12.1 Å². The summed E-state index contributed by atoms with van der Waals surface area (Å²) in [7, 11) is 1.77. The van der Waals surface area contributed by atoms with Gasteiger partial charge in [-0.2, -0.15) is 0 Å². The lowest BCUT2D eigenvalue weighted by Gasteiger charge is -2.21. The van der Waals surface area contributed by atoms with Crippen molar-refractivity contribution in [3.05, 3.63) is 0 Å². The second-order valence-corrected chi connectivity index (χ2v) is 4.37. The van der Waals surface area contributed by atoms with E-state index in [1.54, 1.807) is 11.9 Å². The second kappa shape index (κ2) is 5.95. The predicted octanol–water partition coefficient (Wildman–Crippen LogP) is 1.56. The van der Waals surface area contributed by atoms with Crippen LogP contribution in [-0.2, 0) is 4.74 Å². The third kappa shape index (κ3) is 4.08. The number of ether oxygens (including phenoxy) is 1. The van der Waals surface area contributed by atoms with Crippen LogP contribution in [0.3, 0.4) is 0 Å². The van der Waals surface area contributed by atoms with Crippen LogP contribution in [0, 0.1) is 0 Å². The quantitative estimate of drug-likeness (QED) is 0.712. The average Bonchev–Trinajstić information content (AvgIpc) is 2.69. The summed E-state index contributed by atoms with van der Waals surface area (Å²) in [5, 5.41) is 0. The van der Waals surface area contributed by atoms with Gasteiger partial charge in [0.2, 0.25) is 0 Å². The van der Waals surface area contributed by atoms with Crippen LogP contribution in [0.15, 0.2) is 0 Å². The number of amides is 1. The lowest BCUT2D eigenvalue weighted by molar-refractivity contribution is 0.0931. The lowest BCUT2D eigenvalue weighted by Crippen LogP contribution is -2.35. The van der Waals surface area contributed by atoms with Gasteiger partial charge in [0.1, 0.15) is 6.61 Å². The summed E-state index contributed by atoms with van der Waals surface area (Å²) in [5.41, 5.74) is 0. The van der Waals surface area contributed by atoms with E-state index in [0.717, 1.165) is 19.6 Å². The van der Waals surface area contributed by atoms with E-state index in [2.05, 4.69) is 4.90 Å². The van der Waals surface area contributed by atoms with Gasteiger partial charge in [-0.15, -0.1) is 0 Å². The molecule has 0 N–H and O–H groups in total. The van der Waals surface area contributed by atoms with Crippen molar-refractivity contribution < 1.29 is 9.53 Å². The molecule has 1 fully saturated rings. The normalized spacial score (nSPS) is 17.1. The minimum Gasteiger partial charge on any atom is -0.448 e. The SMILES string of the molecule is CC(C)N(C)C(=O)OCCN1CCCC1. The van der Waals surface area contributed by atoms with E-state index >= 15 is 0 Å². The van der Waals surface area contributed by atoms with Crippen LogP contribution >= 0.6 is 0 Å². The first-order chi connectivity index (χ1) is 7.11. The van der Waals surface area contributed by atoms with Gasteiger partial charge in [-0.05, 0) is 39.8 Å². The first-order valence-corrected chi connectivity index (χ1v) is 5.73. The van der Waals surface area contributed by atoms with Gasteiger partial charge in [0.25, 0.3) is 0 Å². The molecule has 0 aromatic carbocycles. The highest BCUT2D eigenvalue weighted by Crippen LogP contribution is 2.06. The highest BCUT2D eigenvalue weighted by molar-refractivity contribution is 5.67. The molecule has 1 heterocycles. The first-order valence-electron chi connectivity index (χ1n) is 5.73. The maximum absolute atomic E-state index is 11.4. The van der Waals surface area contributed by atoms with Crippen molar-refractivity contribution in [2.75, 3.05) is 33.3 Å². The topological polar surface area (TPSA) is 32.8 Å². The molecule has 0 saturated carbocycles. The average molecular weight is 214 g/mol. The maximum Gasteiger partial charge on any atom is 0.409 e. The van der Waals surface area contributed by atoms with Crippen LogP contribution in [0.5, 0.6) is 0 Å². The fraction of sp³-hybridized carbons (Fsp3) is 0.909. The third-order valence-electron chi connectivity index (χ3n) is 2.89. The van der Waals surface area contributed by atoms with E-state index < -0.39 is 0 Å². The van der Waals surface area contributed by atoms with Crippen molar-refractivity contribution >= 4 is 6.09 Å². The van der Waals surface area contributed by atoms with E-state index in [0.29, 0.717) is 6.61 Å². The fourth-order valence-corrected chi connectivity index (χ4v) is 1.58. The van der Waals surface area contributed by atoms with Crippen molar-refractivity contribution in [3.63, 3.8) is 0 Å². The van der Waals surface area contributed by atoms with Crippen LogP contribution in [0.25, 0.3) is 0 Å². The number of carbonyl (C=O) groups excluding carboxylic acids is 1. The van der Waals surface area contributed by atoms with Crippen LogP contribution in [0.1, 0.15) is 26.7 Å². The van der Waals surface area contributed by atoms with Gasteiger partial charge >= 0.3 is 6.09 Å². The summed E-state index contributed by atoms with van der Waals surface area (Å²) < 4.78 is 5.17. The van der Waals surface area contributed by atoms with E-state index in [1.807, 2.05) is 13.8 Å². The fourth-order valence-electron chi connectivity index (χ4n) is 1.58. The zero-order chi connectivity index (χ0) is 11.3. The molecule has 4 nitrogen and oxygen atoms in total. The van der Waals surface area contributed by atoms with Gasteiger partial charge < -0.3 is 9.64 Å². The summed E-state index contributed by atoms with van der Waals surface area (Å²) >= 11 is 0. The number of rotatable bonds is 4. The molecule has 0 bridgehead atoms. The van der Waals surface area contributed by atoms with Gasteiger partial charge in [-0.25, -0.2) is 4.79 Å². The molecule has 88 valence electrons. The molecule has 1 saturated heterocycles. The Hall–Kier alpha value is -0.770. The van der Waals surface area contributed by atoms with Crippen LogP contribution < -0.4 is 0 Å². The Labute approximate surface area is 92.2 Å². The molecule has 0 aromatic rings. The first kappa shape index (κ1) is 12.3. The number of hydrogen-bond donors (Lipinski definition) is 0.